The number of benzene rings is 1. The fourth-order valence-corrected chi connectivity index (χ4v) is 2.53. The van der Waals surface area contributed by atoms with Crippen molar-refractivity contribution in [3.05, 3.63) is 53.2 Å². The Kier molecular flexibility index (Phi) is 2.86. The van der Waals surface area contributed by atoms with Gasteiger partial charge in [0.05, 0.1) is 0 Å². The van der Waals surface area contributed by atoms with Crippen LogP contribution < -0.4 is 0 Å². The van der Waals surface area contributed by atoms with E-state index in [1.807, 2.05) is 0 Å². The molecule has 0 unspecified atom stereocenters. The Balaban J connectivity index is 2.59. The van der Waals surface area contributed by atoms with E-state index in [1.54, 1.807) is 0 Å². The molecule has 0 saturated heterocycles. The van der Waals surface area contributed by atoms with Gasteiger partial charge in [0, 0.05) is 18.8 Å². The first kappa shape index (κ1) is 11.0. The first-order chi connectivity index (χ1) is 7.65. The van der Waals surface area contributed by atoms with Crippen LogP contribution in [0.5, 0.6) is 0 Å². The molecule has 0 N–H and O–H groups in total. The Morgan fingerprint density at radius 2 is 2.06 bits per heavy atom. The zero-order valence-corrected chi connectivity index (χ0v) is 10.4. The summed E-state index contributed by atoms with van der Waals surface area (Å²) < 4.78 is 0. The summed E-state index contributed by atoms with van der Waals surface area (Å²) in [6.45, 7) is 12.6. The van der Waals surface area contributed by atoms with Gasteiger partial charge >= 0.3 is 0 Å². The molecule has 0 aliphatic carbocycles. The van der Waals surface area contributed by atoms with Crippen LogP contribution in [0.4, 0.5) is 0 Å². The first-order valence-electron chi connectivity index (χ1n) is 5.85. The lowest BCUT2D eigenvalue weighted by Crippen LogP contribution is -2.27. The van der Waals surface area contributed by atoms with Crippen LogP contribution in [0, 0.1) is 0 Å². The number of allylic oxidation sites excluding steroid dienone is 2. The number of hydrogen-bond acceptors (Lipinski definition) is 1. The Morgan fingerprint density at radius 3 is 2.69 bits per heavy atom. The highest BCUT2D eigenvalue weighted by Crippen LogP contribution is 2.33. The first-order valence-corrected chi connectivity index (χ1v) is 5.85. The molecule has 1 aliphatic rings. The Labute approximate surface area is 98.1 Å². The maximum Gasteiger partial charge on any atom is 0.0435 e. The zero-order chi connectivity index (χ0) is 11.7. The van der Waals surface area contributed by atoms with Gasteiger partial charge in [-0.25, -0.2) is 0 Å². The summed E-state index contributed by atoms with van der Waals surface area (Å²) in [5.74, 6) is 0. The van der Waals surface area contributed by atoms with Gasteiger partial charge in [-0.3, -0.25) is 0 Å². The van der Waals surface area contributed by atoms with E-state index >= 15 is 0 Å². The average Bonchev–Trinajstić information content (AvgIpc) is 2.28. The van der Waals surface area contributed by atoms with Gasteiger partial charge in [0.15, 0.2) is 0 Å². The van der Waals surface area contributed by atoms with Crippen LogP contribution in [-0.4, -0.2) is 11.4 Å². The van der Waals surface area contributed by atoms with E-state index < -0.39 is 0 Å². The molecule has 0 radical (unpaired) electrons. The Morgan fingerprint density at radius 1 is 1.38 bits per heavy atom. The predicted octanol–water partition coefficient (Wildman–Crippen LogP) is 3.83. The Bertz CT molecular complexity index is 454. The molecule has 1 aromatic rings. The standard InChI is InChI=1S/C15H19N/c1-5-16-10-13-8-6-7-9-14(13)12(4)15(16)11(2)3/h6-9H,2,5,10H2,1,3-4H3. The minimum absolute atomic E-state index is 1.01. The van der Waals surface area contributed by atoms with Gasteiger partial charge in [0.25, 0.3) is 0 Å². The lowest BCUT2D eigenvalue weighted by atomic mass is 9.92. The highest BCUT2D eigenvalue weighted by atomic mass is 15.1. The van der Waals surface area contributed by atoms with Crippen molar-refractivity contribution in [3.63, 3.8) is 0 Å². The fourth-order valence-electron chi connectivity index (χ4n) is 2.53. The van der Waals surface area contributed by atoms with Gasteiger partial charge in [-0.1, -0.05) is 30.8 Å². The summed E-state index contributed by atoms with van der Waals surface area (Å²) in [6.07, 6.45) is 0. The quantitative estimate of drug-likeness (QED) is 0.721. The third-order valence-electron chi connectivity index (χ3n) is 3.24. The number of fused-ring (bicyclic) bond motifs is 1. The van der Waals surface area contributed by atoms with Crippen LogP contribution in [0.25, 0.3) is 5.57 Å². The molecule has 16 heavy (non-hydrogen) atoms. The molecule has 0 bridgehead atoms. The number of rotatable bonds is 2. The molecule has 0 fully saturated rings. The second kappa shape index (κ2) is 4.17. The van der Waals surface area contributed by atoms with Crippen molar-refractivity contribution in [2.45, 2.75) is 27.3 Å². The van der Waals surface area contributed by atoms with Crippen LogP contribution in [0.2, 0.25) is 0 Å². The van der Waals surface area contributed by atoms with Crippen LogP contribution in [0.1, 0.15) is 31.9 Å². The molecule has 0 saturated carbocycles. The van der Waals surface area contributed by atoms with E-state index in [4.69, 9.17) is 0 Å². The second-order valence-electron chi connectivity index (χ2n) is 4.43. The van der Waals surface area contributed by atoms with E-state index in [1.165, 1.54) is 22.4 Å². The smallest absolute Gasteiger partial charge is 0.0435 e. The number of hydrogen-bond donors (Lipinski definition) is 0. The minimum Gasteiger partial charge on any atom is -0.367 e. The third-order valence-corrected chi connectivity index (χ3v) is 3.24. The maximum atomic E-state index is 4.10. The molecular weight excluding hydrogens is 194 g/mol. The molecule has 0 amide bonds. The zero-order valence-electron chi connectivity index (χ0n) is 10.4. The van der Waals surface area contributed by atoms with Crippen LogP contribution >= 0.6 is 0 Å². The summed E-state index contributed by atoms with van der Waals surface area (Å²) in [5.41, 5.74) is 6.64. The average molecular weight is 213 g/mol. The Hall–Kier alpha value is -1.50. The molecule has 1 aliphatic heterocycles. The van der Waals surface area contributed by atoms with Gasteiger partial charge in [0.2, 0.25) is 0 Å². The van der Waals surface area contributed by atoms with Crippen LogP contribution in [0.15, 0.2) is 42.1 Å². The van der Waals surface area contributed by atoms with Crippen LogP contribution in [-0.2, 0) is 6.54 Å². The van der Waals surface area contributed by atoms with Crippen LogP contribution in [0.3, 0.4) is 0 Å². The van der Waals surface area contributed by atoms with Gasteiger partial charge < -0.3 is 4.90 Å². The van der Waals surface area contributed by atoms with Gasteiger partial charge in [-0.05, 0) is 43.0 Å². The largest absolute Gasteiger partial charge is 0.367 e. The number of nitrogens with zero attached hydrogens (tertiary/aromatic N) is 1. The lowest BCUT2D eigenvalue weighted by molar-refractivity contribution is 0.357. The van der Waals surface area contributed by atoms with E-state index in [0.717, 1.165) is 18.7 Å². The summed E-state index contributed by atoms with van der Waals surface area (Å²) in [6, 6.07) is 8.66. The summed E-state index contributed by atoms with van der Waals surface area (Å²) >= 11 is 0. The van der Waals surface area contributed by atoms with Crippen molar-refractivity contribution in [2.75, 3.05) is 6.54 Å². The van der Waals surface area contributed by atoms with E-state index in [9.17, 15) is 0 Å². The number of likely N-dealkylation sites (N-methyl/N-ethyl adjacent to an activating group) is 1. The normalized spacial score (nSPS) is 15.1. The SMILES string of the molecule is C=C(C)C1=C(C)c2ccccc2CN1CC. The molecule has 2 rings (SSSR count). The van der Waals surface area contributed by atoms with Crippen molar-refractivity contribution in [1.29, 1.82) is 0 Å². The van der Waals surface area contributed by atoms with E-state index in [0.29, 0.717) is 0 Å². The molecule has 1 heterocycles. The van der Waals surface area contributed by atoms with Gasteiger partial charge in [-0.2, -0.15) is 0 Å². The highest BCUT2D eigenvalue weighted by molar-refractivity contribution is 5.73. The molecule has 0 aromatic heterocycles. The van der Waals surface area contributed by atoms with Crippen molar-refractivity contribution >= 4 is 5.57 Å². The van der Waals surface area contributed by atoms with Crippen molar-refractivity contribution < 1.29 is 0 Å². The molecule has 0 spiro atoms. The molecule has 1 nitrogen and oxygen atoms in total. The van der Waals surface area contributed by atoms with Crippen molar-refractivity contribution in [2.24, 2.45) is 0 Å². The monoisotopic (exact) mass is 213 g/mol. The molecular formula is C15H19N. The van der Waals surface area contributed by atoms with E-state index in [-0.39, 0.29) is 0 Å². The minimum atomic E-state index is 1.01. The van der Waals surface area contributed by atoms with Gasteiger partial charge in [0.1, 0.15) is 0 Å². The fraction of sp³-hybridized carbons (Fsp3) is 0.333. The van der Waals surface area contributed by atoms with Crippen molar-refractivity contribution in [1.82, 2.24) is 4.90 Å². The third kappa shape index (κ3) is 1.67. The summed E-state index contributed by atoms with van der Waals surface area (Å²) in [7, 11) is 0. The maximum absolute atomic E-state index is 4.10. The van der Waals surface area contributed by atoms with Crippen molar-refractivity contribution in [3.8, 4) is 0 Å². The van der Waals surface area contributed by atoms with Gasteiger partial charge in [-0.15, -0.1) is 0 Å². The molecule has 1 aromatic carbocycles. The molecule has 1 heteroatoms. The molecule has 0 atom stereocenters. The second-order valence-corrected chi connectivity index (χ2v) is 4.43. The predicted molar refractivity (Wildman–Crippen MR) is 69.9 cm³/mol. The topological polar surface area (TPSA) is 3.24 Å². The lowest BCUT2D eigenvalue weighted by Gasteiger charge is -2.34. The summed E-state index contributed by atoms with van der Waals surface area (Å²) in [5, 5.41) is 0. The molecule has 84 valence electrons. The van der Waals surface area contributed by atoms with E-state index in [2.05, 4.69) is 56.5 Å². The highest BCUT2D eigenvalue weighted by Gasteiger charge is 2.20. The summed E-state index contributed by atoms with van der Waals surface area (Å²) in [4.78, 5) is 2.40.